The second-order valence-electron chi connectivity index (χ2n) is 5.17. The van der Waals surface area contributed by atoms with Crippen LogP contribution in [0.2, 0.25) is 0 Å². The van der Waals surface area contributed by atoms with E-state index < -0.39 is 27.9 Å². The standard InChI is InChI=1S/C14H18FNO4S/c1-9-7-11(15)8-10(2)13(9)21(18,19)16-6-4-5-12(16)14(17)20-3/h7-8,12H,4-6H2,1-3H3. The van der Waals surface area contributed by atoms with Gasteiger partial charge in [-0.1, -0.05) is 0 Å². The number of rotatable bonds is 3. The van der Waals surface area contributed by atoms with Crippen LogP contribution in [0, 0.1) is 19.7 Å². The number of methoxy groups -OCH3 is 1. The van der Waals surface area contributed by atoms with Crippen molar-refractivity contribution in [1.82, 2.24) is 4.31 Å². The number of carbonyl (C=O) groups excluding carboxylic acids is 1. The fourth-order valence-electron chi connectivity index (χ4n) is 2.82. The molecule has 0 spiro atoms. The Morgan fingerprint density at radius 3 is 2.43 bits per heavy atom. The molecular formula is C14H18FNO4S. The molecule has 0 aliphatic carbocycles. The molecule has 7 heteroatoms. The van der Waals surface area contributed by atoms with Crippen LogP contribution >= 0.6 is 0 Å². The summed E-state index contributed by atoms with van der Waals surface area (Å²) in [6.07, 6.45) is 1.03. The number of halogens is 1. The average molecular weight is 315 g/mol. The van der Waals surface area contributed by atoms with Crippen molar-refractivity contribution < 1.29 is 22.3 Å². The highest BCUT2D eigenvalue weighted by atomic mass is 32.2. The number of hydrogen-bond acceptors (Lipinski definition) is 4. The molecule has 1 fully saturated rings. The van der Waals surface area contributed by atoms with Crippen LogP contribution in [0.5, 0.6) is 0 Å². The molecule has 0 aromatic heterocycles. The molecule has 21 heavy (non-hydrogen) atoms. The smallest absolute Gasteiger partial charge is 0.324 e. The summed E-state index contributed by atoms with van der Waals surface area (Å²) in [6, 6.07) is 1.57. The lowest BCUT2D eigenvalue weighted by Gasteiger charge is -2.24. The molecule has 0 bridgehead atoms. The maximum atomic E-state index is 13.4. The van der Waals surface area contributed by atoms with E-state index in [9.17, 15) is 17.6 Å². The highest BCUT2D eigenvalue weighted by molar-refractivity contribution is 7.89. The van der Waals surface area contributed by atoms with Gasteiger partial charge in [-0.25, -0.2) is 12.8 Å². The molecule has 1 aliphatic heterocycles. The first-order chi connectivity index (χ1) is 9.78. The summed E-state index contributed by atoms with van der Waals surface area (Å²) in [4.78, 5) is 11.8. The van der Waals surface area contributed by atoms with E-state index in [0.717, 1.165) is 4.31 Å². The Kier molecular flexibility index (Phi) is 4.34. The molecule has 5 nitrogen and oxygen atoms in total. The molecule has 1 aliphatic rings. The van der Waals surface area contributed by atoms with Crippen LogP contribution in [0.3, 0.4) is 0 Å². The van der Waals surface area contributed by atoms with Crippen molar-refractivity contribution in [2.45, 2.75) is 37.6 Å². The van der Waals surface area contributed by atoms with Gasteiger partial charge in [0.2, 0.25) is 10.0 Å². The van der Waals surface area contributed by atoms with Gasteiger partial charge in [0.05, 0.1) is 12.0 Å². The molecule has 0 radical (unpaired) electrons. The van der Waals surface area contributed by atoms with Crippen LogP contribution in [-0.2, 0) is 19.6 Å². The van der Waals surface area contributed by atoms with Gasteiger partial charge in [0.1, 0.15) is 11.9 Å². The molecule has 1 saturated heterocycles. The van der Waals surface area contributed by atoms with Crippen molar-refractivity contribution >= 4 is 16.0 Å². The van der Waals surface area contributed by atoms with Crippen molar-refractivity contribution in [3.05, 3.63) is 29.1 Å². The zero-order valence-electron chi connectivity index (χ0n) is 12.2. The number of nitrogens with zero attached hydrogens (tertiary/aromatic N) is 1. The molecule has 1 aromatic carbocycles. The molecule has 1 aromatic rings. The van der Waals surface area contributed by atoms with E-state index in [1.165, 1.54) is 19.2 Å². The number of carbonyl (C=O) groups is 1. The minimum absolute atomic E-state index is 0.0692. The quantitative estimate of drug-likeness (QED) is 0.798. The maximum absolute atomic E-state index is 13.4. The van der Waals surface area contributed by atoms with Crippen LogP contribution < -0.4 is 0 Å². The normalized spacial score (nSPS) is 19.7. The molecule has 0 saturated carbocycles. The Labute approximate surface area is 123 Å². The Balaban J connectivity index is 2.50. The van der Waals surface area contributed by atoms with Crippen LogP contribution in [0.4, 0.5) is 4.39 Å². The van der Waals surface area contributed by atoms with Crippen LogP contribution in [0.15, 0.2) is 17.0 Å². The predicted molar refractivity (Wildman–Crippen MR) is 74.8 cm³/mol. The van der Waals surface area contributed by atoms with Gasteiger partial charge < -0.3 is 4.74 Å². The zero-order chi connectivity index (χ0) is 15.8. The Hall–Kier alpha value is -1.47. The average Bonchev–Trinajstić information content (AvgIpc) is 2.86. The molecule has 1 unspecified atom stereocenters. The maximum Gasteiger partial charge on any atom is 0.324 e. The summed E-state index contributed by atoms with van der Waals surface area (Å²) in [7, 11) is -2.62. The highest BCUT2D eigenvalue weighted by Crippen LogP contribution is 2.30. The highest BCUT2D eigenvalue weighted by Gasteiger charge is 2.41. The molecule has 0 N–H and O–H groups in total. The van der Waals surface area contributed by atoms with Gasteiger partial charge in [-0.2, -0.15) is 4.31 Å². The van der Waals surface area contributed by atoms with Crippen molar-refractivity contribution in [3.63, 3.8) is 0 Å². The predicted octanol–water partition coefficient (Wildman–Crippen LogP) is 1.77. The second kappa shape index (κ2) is 5.73. The van der Waals surface area contributed by atoms with Gasteiger partial charge in [-0.3, -0.25) is 4.79 Å². The summed E-state index contributed by atoms with van der Waals surface area (Å²) >= 11 is 0. The number of ether oxygens (including phenoxy) is 1. The van der Waals surface area contributed by atoms with Gasteiger partial charge in [-0.15, -0.1) is 0 Å². The molecule has 1 atom stereocenters. The van der Waals surface area contributed by atoms with Crippen LogP contribution in [0.25, 0.3) is 0 Å². The van der Waals surface area contributed by atoms with E-state index in [-0.39, 0.29) is 11.4 Å². The van der Waals surface area contributed by atoms with Crippen LogP contribution in [0.1, 0.15) is 24.0 Å². The van der Waals surface area contributed by atoms with E-state index >= 15 is 0 Å². The van der Waals surface area contributed by atoms with Crippen molar-refractivity contribution in [3.8, 4) is 0 Å². The monoisotopic (exact) mass is 315 g/mol. The minimum atomic E-state index is -3.86. The summed E-state index contributed by atoms with van der Waals surface area (Å²) in [6.45, 7) is 3.36. The summed E-state index contributed by atoms with van der Waals surface area (Å²) < 4.78 is 44.8. The first kappa shape index (κ1) is 15.9. The van der Waals surface area contributed by atoms with Gasteiger partial charge in [0.25, 0.3) is 0 Å². The zero-order valence-corrected chi connectivity index (χ0v) is 13.0. The fraction of sp³-hybridized carbons (Fsp3) is 0.500. The number of hydrogen-bond donors (Lipinski definition) is 0. The topological polar surface area (TPSA) is 63.7 Å². The van der Waals surface area contributed by atoms with E-state index in [0.29, 0.717) is 24.0 Å². The lowest BCUT2D eigenvalue weighted by molar-refractivity contribution is -0.144. The van der Waals surface area contributed by atoms with Gasteiger partial charge >= 0.3 is 5.97 Å². The lowest BCUT2D eigenvalue weighted by Crippen LogP contribution is -2.41. The third kappa shape index (κ3) is 2.80. The molecule has 2 rings (SSSR count). The summed E-state index contributed by atoms with van der Waals surface area (Å²) in [5.74, 6) is -1.04. The van der Waals surface area contributed by atoms with Crippen molar-refractivity contribution in [2.24, 2.45) is 0 Å². The summed E-state index contributed by atoms with van der Waals surface area (Å²) in [5.41, 5.74) is 0.672. The number of sulfonamides is 1. The van der Waals surface area contributed by atoms with E-state index in [1.54, 1.807) is 13.8 Å². The van der Waals surface area contributed by atoms with E-state index in [1.807, 2.05) is 0 Å². The summed E-state index contributed by atoms with van der Waals surface area (Å²) in [5, 5.41) is 0. The van der Waals surface area contributed by atoms with Gasteiger partial charge in [0.15, 0.2) is 0 Å². The van der Waals surface area contributed by atoms with Crippen LogP contribution in [-0.4, -0.2) is 38.4 Å². The number of aryl methyl sites for hydroxylation is 2. The fourth-order valence-corrected chi connectivity index (χ4v) is 4.88. The Morgan fingerprint density at radius 1 is 1.33 bits per heavy atom. The third-order valence-corrected chi connectivity index (χ3v) is 5.88. The van der Waals surface area contributed by atoms with Gasteiger partial charge in [0, 0.05) is 6.54 Å². The number of benzene rings is 1. The largest absolute Gasteiger partial charge is 0.468 e. The van der Waals surface area contributed by atoms with Crippen molar-refractivity contribution in [1.29, 1.82) is 0 Å². The SMILES string of the molecule is COC(=O)C1CCCN1S(=O)(=O)c1c(C)cc(F)cc1C. The molecule has 116 valence electrons. The first-order valence-electron chi connectivity index (χ1n) is 6.65. The number of esters is 1. The van der Waals surface area contributed by atoms with E-state index in [2.05, 4.69) is 4.74 Å². The Bertz CT molecular complexity index is 649. The van der Waals surface area contributed by atoms with Gasteiger partial charge in [-0.05, 0) is 49.9 Å². The lowest BCUT2D eigenvalue weighted by atomic mass is 10.1. The minimum Gasteiger partial charge on any atom is -0.468 e. The third-order valence-electron chi connectivity index (χ3n) is 3.67. The van der Waals surface area contributed by atoms with E-state index in [4.69, 9.17) is 0 Å². The molecule has 0 amide bonds. The second-order valence-corrected chi connectivity index (χ2v) is 6.99. The molecular weight excluding hydrogens is 297 g/mol. The Morgan fingerprint density at radius 2 is 1.90 bits per heavy atom. The van der Waals surface area contributed by atoms with Crippen molar-refractivity contribution in [2.75, 3.05) is 13.7 Å². The first-order valence-corrected chi connectivity index (χ1v) is 8.09. The molecule has 1 heterocycles.